The number of hydrogen-bond donors (Lipinski definition) is 2. The van der Waals surface area contributed by atoms with Crippen LogP contribution in [0.25, 0.3) is 32.3 Å². The fraction of sp³-hybridized carbons (Fsp3) is 0.227. The van der Waals surface area contributed by atoms with Crippen LogP contribution in [0.3, 0.4) is 0 Å². The van der Waals surface area contributed by atoms with E-state index in [1.807, 2.05) is 30.3 Å². The van der Waals surface area contributed by atoms with Crippen LogP contribution in [-0.4, -0.2) is 29.4 Å². The molecule has 26 heavy (non-hydrogen) atoms. The number of hydrogen-bond acceptors (Lipinski definition) is 3. The first-order valence-electron chi connectivity index (χ1n) is 8.77. The molecule has 2 N–H and O–H groups in total. The van der Waals surface area contributed by atoms with Gasteiger partial charge >= 0.3 is 5.97 Å². The number of rotatable bonds is 6. The second-order valence-corrected chi connectivity index (χ2v) is 6.53. The third kappa shape index (κ3) is 2.26. The maximum Gasteiger partial charge on any atom is 0.340 e. The number of ether oxygens (including phenoxy) is 1. The van der Waals surface area contributed by atoms with Crippen molar-refractivity contribution in [2.24, 2.45) is 0 Å². The van der Waals surface area contributed by atoms with Gasteiger partial charge in [-0.25, -0.2) is 4.79 Å². The average molecular weight is 348 g/mol. The molecule has 0 bridgehead atoms. The van der Waals surface area contributed by atoms with Crippen molar-refractivity contribution < 1.29 is 19.7 Å². The van der Waals surface area contributed by atoms with Crippen molar-refractivity contribution in [1.82, 2.24) is 0 Å². The van der Waals surface area contributed by atoms with Gasteiger partial charge in [-0.2, -0.15) is 0 Å². The van der Waals surface area contributed by atoms with Gasteiger partial charge < -0.3 is 14.9 Å². The molecule has 0 aliphatic rings. The minimum atomic E-state index is -1.48. The van der Waals surface area contributed by atoms with Crippen LogP contribution in [0.15, 0.2) is 54.6 Å². The molecule has 0 aliphatic carbocycles. The number of aliphatic carboxylic acids is 1. The summed E-state index contributed by atoms with van der Waals surface area (Å²) < 4.78 is 5.72. The molecule has 0 amide bonds. The van der Waals surface area contributed by atoms with E-state index in [9.17, 15) is 15.0 Å². The zero-order chi connectivity index (χ0) is 18.3. The number of carboxylic acid groups (broad SMARTS) is 1. The number of carboxylic acids is 1. The lowest BCUT2D eigenvalue weighted by atomic mass is 9.83. The molecule has 0 aliphatic heterocycles. The standard InChI is InChI=1S/C22H20O4/c1-2-22(21(24)25,26-13-12-23)18-11-9-16-7-6-14-4-3-5-15-8-10-17(18)20(16)19(14)15/h3-11,23H,2,12-13H2,1H3,(H,24,25). The van der Waals surface area contributed by atoms with Crippen molar-refractivity contribution in [3.8, 4) is 0 Å². The molecule has 4 aromatic rings. The molecule has 4 heteroatoms. The van der Waals surface area contributed by atoms with Crippen LogP contribution in [0.2, 0.25) is 0 Å². The van der Waals surface area contributed by atoms with Crippen molar-refractivity contribution in [3.05, 3.63) is 60.2 Å². The van der Waals surface area contributed by atoms with E-state index in [0.29, 0.717) is 5.56 Å². The lowest BCUT2D eigenvalue weighted by Gasteiger charge is -2.30. The van der Waals surface area contributed by atoms with E-state index in [4.69, 9.17) is 4.74 Å². The molecular formula is C22H20O4. The summed E-state index contributed by atoms with van der Waals surface area (Å²) in [7, 11) is 0. The van der Waals surface area contributed by atoms with E-state index in [-0.39, 0.29) is 19.6 Å². The second kappa shape index (κ2) is 6.24. The number of aliphatic hydroxyl groups excluding tert-OH is 1. The van der Waals surface area contributed by atoms with Gasteiger partial charge in [0.15, 0.2) is 5.60 Å². The van der Waals surface area contributed by atoms with Gasteiger partial charge in [0.1, 0.15) is 0 Å². The highest BCUT2D eigenvalue weighted by molar-refractivity contribution is 6.23. The van der Waals surface area contributed by atoms with Crippen molar-refractivity contribution in [2.75, 3.05) is 13.2 Å². The van der Waals surface area contributed by atoms with E-state index in [1.54, 1.807) is 6.92 Å². The summed E-state index contributed by atoms with van der Waals surface area (Å²) in [4.78, 5) is 12.2. The fourth-order valence-corrected chi connectivity index (χ4v) is 4.01. The smallest absolute Gasteiger partial charge is 0.340 e. The normalized spacial score (nSPS) is 14.2. The van der Waals surface area contributed by atoms with Gasteiger partial charge in [0.2, 0.25) is 0 Å². The van der Waals surface area contributed by atoms with Crippen LogP contribution >= 0.6 is 0 Å². The molecule has 0 fully saturated rings. The van der Waals surface area contributed by atoms with Crippen LogP contribution in [0, 0.1) is 0 Å². The first-order valence-corrected chi connectivity index (χ1v) is 8.77. The van der Waals surface area contributed by atoms with Crippen molar-refractivity contribution >= 4 is 38.3 Å². The van der Waals surface area contributed by atoms with E-state index in [0.717, 1.165) is 32.3 Å². The predicted molar refractivity (Wildman–Crippen MR) is 103 cm³/mol. The first kappa shape index (κ1) is 16.8. The molecule has 0 aromatic heterocycles. The molecule has 4 nitrogen and oxygen atoms in total. The SMILES string of the molecule is CCC(OCCO)(C(=O)O)c1ccc2ccc3cccc4ccc1c2c34. The summed E-state index contributed by atoms with van der Waals surface area (Å²) in [5, 5.41) is 25.6. The number of benzene rings is 4. The van der Waals surface area contributed by atoms with Gasteiger partial charge in [-0.1, -0.05) is 61.5 Å². The monoisotopic (exact) mass is 348 g/mol. The summed E-state index contributed by atoms with van der Waals surface area (Å²) in [6.45, 7) is 1.55. The maximum atomic E-state index is 12.2. The van der Waals surface area contributed by atoms with Gasteiger partial charge in [-0.15, -0.1) is 0 Å². The molecule has 1 atom stereocenters. The van der Waals surface area contributed by atoms with Gasteiger partial charge in [0, 0.05) is 5.56 Å². The summed E-state index contributed by atoms with van der Waals surface area (Å²) in [5.41, 5.74) is -0.850. The zero-order valence-electron chi connectivity index (χ0n) is 14.5. The summed E-state index contributed by atoms with van der Waals surface area (Å²) in [6.07, 6.45) is 0.270. The highest BCUT2D eigenvalue weighted by Gasteiger charge is 2.41. The molecule has 4 aromatic carbocycles. The van der Waals surface area contributed by atoms with Crippen LogP contribution in [-0.2, 0) is 15.1 Å². The Bertz CT molecular complexity index is 1090. The van der Waals surface area contributed by atoms with Gasteiger partial charge in [-0.3, -0.25) is 0 Å². The van der Waals surface area contributed by atoms with Crippen LogP contribution < -0.4 is 0 Å². The zero-order valence-corrected chi connectivity index (χ0v) is 14.5. The summed E-state index contributed by atoms with van der Waals surface area (Å²) in [5.74, 6) is -1.04. The lowest BCUT2D eigenvalue weighted by Crippen LogP contribution is -2.39. The molecule has 4 rings (SSSR count). The Morgan fingerprint density at radius 1 is 0.962 bits per heavy atom. The maximum absolute atomic E-state index is 12.2. The van der Waals surface area contributed by atoms with Gasteiger partial charge in [-0.05, 0) is 38.7 Å². The molecule has 0 heterocycles. The highest BCUT2D eigenvalue weighted by atomic mass is 16.5. The quantitative estimate of drug-likeness (QED) is 0.510. The van der Waals surface area contributed by atoms with E-state index < -0.39 is 11.6 Å². The topological polar surface area (TPSA) is 66.8 Å². The number of carbonyl (C=O) groups is 1. The van der Waals surface area contributed by atoms with E-state index in [2.05, 4.69) is 24.3 Å². The van der Waals surface area contributed by atoms with E-state index in [1.165, 1.54) is 0 Å². The Balaban J connectivity index is 2.11. The molecule has 132 valence electrons. The van der Waals surface area contributed by atoms with Crippen molar-refractivity contribution in [1.29, 1.82) is 0 Å². The van der Waals surface area contributed by atoms with Crippen LogP contribution in [0.1, 0.15) is 18.9 Å². The van der Waals surface area contributed by atoms with Crippen molar-refractivity contribution in [2.45, 2.75) is 18.9 Å². The van der Waals surface area contributed by atoms with Crippen molar-refractivity contribution in [3.63, 3.8) is 0 Å². The van der Waals surface area contributed by atoms with Gasteiger partial charge in [0.25, 0.3) is 0 Å². The Labute approximate surface area is 151 Å². The minimum Gasteiger partial charge on any atom is -0.479 e. The number of aliphatic hydroxyl groups is 1. The van der Waals surface area contributed by atoms with E-state index >= 15 is 0 Å². The third-order valence-corrected chi connectivity index (χ3v) is 5.25. The van der Waals surface area contributed by atoms with Gasteiger partial charge in [0.05, 0.1) is 13.2 Å². The van der Waals surface area contributed by atoms with Crippen LogP contribution in [0.4, 0.5) is 0 Å². The molecule has 1 unspecified atom stereocenters. The predicted octanol–water partition coefficient (Wildman–Crippen LogP) is 4.28. The third-order valence-electron chi connectivity index (χ3n) is 5.25. The fourth-order valence-electron chi connectivity index (χ4n) is 4.01. The second-order valence-electron chi connectivity index (χ2n) is 6.53. The van der Waals surface area contributed by atoms with Crippen LogP contribution in [0.5, 0.6) is 0 Å². The summed E-state index contributed by atoms with van der Waals surface area (Å²) >= 11 is 0. The molecule has 0 spiro atoms. The lowest BCUT2D eigenvalue weighted by molar-refractivity contribution is -0.169. The molecule has 0 saturated carbocycles. The largest absolute Gasteiger partial charge is 0.479 e. The molecule has 0 radical (unpaired) electrons. The molecular weight excluding hydrogens is 328 g/mol. The minimum absolute atomic E-state index is 0.0257. The Kier molecular flexibility index (Phi) is 4.02. The Hall–Kier alpha value is -2.69. The Morgan fingerprint density at radius 3 is 2.19 bits per heavy atom. The first-order chi connectivity index (χ1) is 12.6. The Morgan fingerprint density at radius 2 is 1.58 bits per heavy atom. The highest BCUT2D eigenvalue weighted by Crippen LogP contribution is 2.41. The summed E-state index contributed by atoms with van der Waals surface area (Å²) in [6, 6.07) is 18.1. The molecule has 0 saturated heterocycles. The average Bonchev–Trinajstić information content (AvgIpc) is 2.67.